The van der Waals surface area contributed by atoms with Gasteiger partial charge in [-0.25, -0.2) is 4.79 Å². The summed E-state index contributed by atoms with van der Waals surface area (Å²) in [4.78, 5) is 12.4. The van der Waals surface area contributed by atoms with Crippen molar-refractivity contribution in [3.05, 3.63) is 89.5 Å². The molecule has 0 radical (unpaired) electrons. The highest BCUT2D eigenvalue weighted by atomic mass is 16.6. The molecule has 26 heavy (non-hydrogen) atoms. The van der Waals surface area contributed by atoms with Gasteiger partial charge in [-0.2, -0.15) is 5.26 Å². The van der Waals surface area contributed by atoms with Crippen molar-refractivity contribution in [2.75, 3.05) is 6.61 Å². The lowest BCUT2D eigenvalue weighted by Crippen LogP contribution is -2.18. The summed E-state index contributed by atoms with van der Waals surface area (Å²) in [7, 11) is 0. The quantitative estimate of drug-likeness (QED) is 0.666. The van der Waals surface area contributed by atoms with E-state index in [4.69, 9.17) is 14.7 Å². The Labute approximate surface area is 151 Å². The Balaban J connectivity index is 1.52. The minimum Gasteiger partial charge on any atom is -0.481 e. The lowest BCUT2D eigenvalue weighted by Gasteiger charge is -2.15. The summed E-state index contributed by atoms with van der Waals surface area (Å²) in [5, 5.41) is 9.09. The molecule has 1 aliphatic rings. The van der Waals surface area contributed by atoms with Gasteiger partial charge in [0.2, 0.25) is 0 Å². The monoisotopic (exact) mass is 341 g/mol. The maximum atomic E-state index is 12.4. The van der Waals surface area contributed by atoms with Crippen LogP contribution in [-0.2, 0) is 9.53 Å². The zero-order valence-corrected chi connectivity index (χ0v) is 13.9. The molecule has 3 aromatic rings. The largest absolute Gasteiger partial charge is 0.481 e. The Morgan fingerprint density at radius 2 is 1.46 bits per heavy atom. The summed E-state index contributed by atoms with van der Waals surface area (Å²) < 4.78 is 11.2. The van der Waals surface area contributed by atoms with Crippen LogP contribution < -0.4 is 4.74 Å². The average molecular weight is 341 g/mol. The van der Waals surface area contributed by atoms with Gasteiger partial charge < -0.3 is 9.47 Å². The Hall–Kier alpha value is -3.58. The minimum atomic E-state index is -0.478. The third-order valence-corrected chi connectivity index (χ3v) is 4.38. The number of esters is 1. The van der Waals surface area contributed by atoms with Crippen LogP contribution in [0.3, 0.4) is 0 Å². The Kier molecular flexibility index (Phi) is 4.12. The SMILES string of the molecule is N#Cc1ccccc1OCC(=O)OC1c2ccccc2-c2ccccc21. The van der Waals surface area contributed by atoms with Crippen molar-refractivity contribution in [1.29, 1.82) is 5.26 Å². The first-order chi connectivity index (χ1) is 12.8. The number of rotatable bonds is 4. The molecule has 0 aromatic heterocycles. The van der Waals surface area contributed by atoms with E-state index in [0.29, 0.717) is 11.3 Å². The molecule has 1 aliphatic carbocycles. The summed E-state index contributed by atoms with van der Waals surface area (Å²) in [6, 6.07) is 24.7. The first-order valence-electron chi connectivity index (χ1n) is 8.27. The molecule has 0 saturated heterocycles. The number of nitriles is 1. The van der Waals surface area contributed by atoms with Crippen LogP contribution in [0.15, 0.2) is 72.8 Å². The normalized spacial score (nSPS) is 12.0. The fourth-order valence-corrected chi connectivity index (χ4v) is 3.22. The second kappa shape index (κ2) is 6.73. The van der Waals surface area contributed by atoms with E-state index in [2.05, 4.69) is 0 Å². The van der Waals surface area contributed by atoms with Gasteiger partial charge in [0.25, 0.3) is 0 Å². The van der Waals surface area contributed by atoms with Crippen LogP contribution in [0.5, 0.6) is 5.75 Å². The average Bonchev–Trinajstić information content (AvgIpc) is 3.01. The highest BCUT2D eigenvalue weighted by molar-refractivity contribution is 5.80. The lowest BCUT2D eigenvalue weighted by atomic mass is 10.1. The molecule has 0 spiro atoms. The second-order valence-corrected chi connectivity index (χ2v) is 5.94. The summed E-state index contributed by atoms with van der Waals surface area (Å²) in [5.41, 5.74) is 4.49. The number of carbonyl (C=O) groups excluding carboxylic acids is 1. The number of hydrogen-bond acceptors (Lipinski definition) is 4. The Bertz CT molecular complexity index is 974. The van der Waals surface area contributed by atoms with Gasteiger partial charge in [-0.15, -0.1) is 0 Å². The molecule has 0 atom stereocenters. The minimum absolute atomic E-state index is 0.250. The van der Waals surface area contributed by atoms with E-state index >= 15 is 0 Å². The molecule has 4 rings (SSSR count). The first kappa shape index (κ1) is 15.9. The molecule has 0 aliphatic heterocycles. The smallest absolute Gasteiger partial charge is 0.345 e. The van der Waals surface area contributed by atoms with Crippen LogP contribution in [0.4, 0.5) is 0 Å². The number of hydrogen-bond donors (Lipinski definition) is 0. The number of ether oxygens (including phenoxy) is 2. The molecule has 0 fully saturated rings. The van der Waals surface area contributed by atoms with Crippen molar-refractivity contribution in [1.82, 2.24) is 0 Å². The van der Waals surface area contributed by atoms with Crippen molar-refractivity contribution in [2.45, 2.75) is 6.10 Å². The molecule has 4 nitrogen and oxygen atoms in total. The van der Waals surface area contributed by atoms with Crippen molar-refractivity contribution in [3.63, 3.8) is 0 Å². The molecule has 0 amide bonds. The molecule has 0 N–H and O–H groups in total. The van der Waals surface area contributed by atoms with Crippen LogP contribution in [0.25, 0.3) is 11.1 Å². The predicted octanol–water partition coefficient (Wildman–Crippen LogP) is 4.25. The standard InChI is InChI=1S/C22H15NO3/c23-13-15-7-1-6-12-20(15)25-14-21(24)26-22-18-10-4-2-8-16(18)17-9-3-5-11-19(17)22/h1-12,22H,14H2. The van der Waals surface area contributed by atoms with Crippen LogP contribution in [0.1, 0.15) is 22.8 Å². The fraction of sp³-hybridized carbons (Fsp3) is 0.0909. The number of nitrogens with zero attached hydrogens (tertiary/aromatic N) is 1. The van der Waals surface area contributed by atoms with E-state index in [1.165, 1.54) is 0 Å². The maximum absolute atomic E-state index is 12.4. The van der Waals surface area contributed by atoms with E-state index in [1.807, 2.05) is 54.6 Å². The topological polar surface area (TPSA) is 59.3 Å². The van der Waals surface area contributed by atoms with E-state index in [1.54, 1.807) is 24.3 Å². The van der Waals surface area contributed by atoms with Gasteiger partial charge in [-0.1, -0.05) is 60.7 Å². The second-order valence-electron chi connectivity index (χ2n) is 5.94. The number of fused-ring (bicyclic) bond motifs is 3. The van der Waals surface area contributed by atoms with E-state index in [9.17, 15) is 4.79 Å². The molecule has 126 valence electrons. The Morgan fingerprint density at radius 1 is 0.885 bits per heavy atom. The molecule has 0 unspecified atom stereocenters. The molecular weight excluding hydrogens is 326 g/mol. The molecule has 0 bridgehead atoms. The van der Waals surface area contributed by atoms with Crippen LogP contribution in [0.2, 0.25) is 0 Å². The van der Waals surface area contributed by atoms with E-state index in [0.717, 1.165) is 22.3 Å². The van der Waals surface area contributed by atoms with Gasteiger partial charge in [-0.05, 0) is 23.3 Å². The predicted molar refractivity (Wildman–Crippen MR) is 96.5 cm³/mol. The summed E-state index contributed by atoms with van der Waals surface area (Å²) >= 11 is 0. The Morgan fingerprint density at radius 3 is 2.12 bits per heavy atom. The van der Waals surface area contributed by atoms with Crippen molar-refractivity contribution in [3.8, 4) is 22.9 Å². The third-order valence-electron chi connectivity index (χ3n) is 4.38. The van der Waals surface area contributed by atoms with Crippen LogP contribution in [-0.4, -0.2) is 12.6 Å². The fourth-order valence-electron chi connectivity index (χ4n) is 3.22. The highest BCUT2D eigenvalue weighted by Gasteiger charge is 2.31. The number of para-hydroxylation sites is 1. The van der Waals surface area contributed by atoms with Gasteiger partial charge in [0.1, 0.15) is 11.8 Å². The zero-order chi connectivity index (χ0) is 17.9. The van der Waals surface area contributed by atoms with Gasteiger partial charge in [0.15, 0.2) is 12.7 Å². The number of benzene rings is 3. The molecule has 0 saturated carbocycles. The van der Waals surface area contributed by atoms with Crippen molar-refractivity contribution < 1.29 is 14.3 Å². The molecule has 3 aromatic carbocycles. The molecular formula is C22H15NO3. The van der Waals surface area contributed by atoms with Crippen LogP contribution in [0, 0.1) is 11.3 Å². The first-order valence-corrected chi connectivity index (χ1v) is 8.27. The summed E-state index contributed by atoms with van der Waals surface area (Å²) in [6.07, 6.45) is -0.440. The van der Waals surface area contributed by atoms with Gasteiger partial charge in [0, 0.05) is 11.1 Å². The van der Waals surface area contributed by atoms with E-state index in [-0.39, 0.29) is 6.61 Å². The van der Waals surface area contributed by atoms with Crippen molar-refractivity contribution >= 4 is 5.97 Å². The van der Waals surface area contributed by atoms with Gasteiger partial charge >= 0.3 is 5.97 Å². The zero-order valence-electron chi connectivity index (χ0n) is 13.9. The summed E-state index contributed by atoms with van der Waals surface area (Å²) in [6.45, 7) is -0.250. The lowest BCUT2D eigenvalue weighted by molar-refractivity contribution is -0.149. The van der Waals surface area contributed by atoms with Crippen molar-refractivity contribution in [2.24, 2.45) is 0 Å². The van der Waals surface area contributed by atoms with Gasteiger partial charge in [0.05, 0.1) is 5.56 Å². The molecule has 4 heteroatoms. The highest BCUT2D eigenvalue weighted by Crippen LogP contribution is 2.45. The van der Waals surface area contributed by atoms with Gasteiger partial charge in [-0.3, -0.25) is 0 Å². The van der Waals surface area contributed by atoms with E-state index < -0.39 is 12.1 Å². The maximum Gasteiger partial charge on any atom is 0.345 e. The molecule has 0 heterocycles. The summed E-state index contributed by atoms with van der Waals surface area (Å²) in [5.74, 6) is -0.103. The van der Waals surface area contributed by atoms with Crippen LogP contribution >= 0.6 is 0 Å². The third kappa shape index (κ3) is 2.80. The number of carbonyl (C=O) groups is 1.